The van der Waals surface area contributed by atoms with E-state index in [9.17, 15) is 18.0 Å². The molecule has 1 fully saturated rings. The van der Waals surface area contributed by atoms with E-state index in [0.29, 0.717) is 24.2 Å². The van der Waals surface area contributed by atoms with Crippen molar-refractivity contribution in [2.24, 2.45) is 5.41 Å². The molecule has 1 heterocycles. The van der Waals surface area contributed by atoms with Crippen LogP contribution in [0, 0.1) is 5.41 Å². The first-order valence-electron chi connectivity index (χ1n) is 6.22. The quantitative estimate of drug-likeness (QED) is 0.574. The second-order valence-electron chi connectivity index (χ2n) is 5.71. The molecule has 0 N–H and O–H groups in total. The van der Waals surface area contributed by atoms with E-state index < -0.39 is 17.7 Å². The Kier molecular flexibility index (Phi) is 3.63. The molecule has 0 aromatic heterocycles. The van der Waals surface area contributed by atoms with Crippen LogP contribution in [0.4, 0.5) is 13.2 Å². The zero-order valence-electron chi connectivity index (χ0n) is 11.3. The van der Waals surface area contributed by atoms with Crippen molar-refractivity contribution in [2.75, 3.05) is 6.61 Å². The standard InChI is InChI=1S/C15H15F3O2/c1-14(2)8-11(13(19)20-9-14)6-10-4-3-5-12(7-10)15(16,17)18/h3-7H,8-9H2,1-2H3/b11-6-. The van der Waals surface area contributed by atoms with Gasteiger partial charge in [-0.25, -0.2) is 4.79 Å². The summed E-state index contributed by atoms with van der Waals surface area (Å²) in [5.74, 6) is -0.457. The van der Waals surface area contributed by atoms with Crippen molar-refractivity contribution < 1.29 is 22.7 Å². The van der Waals surface area contributed by atoms with E-state index in [0.717, 1.165) is 12.1 Å². The summed E-state index contributed by atoms with van der Waals surface area (Å²) in [7, 11) is 0. The summed E-state index contributed by atoms with van der Waals surface area (Å²) < 4.78 is 42.9. The van der Waals surface area contributed by atoms with Gasteiger partial charge >= 0.3 is 12.1 Å². The predicted octanol–water partition coefficient (Wildman–Crippen LogP) is 4.06. The molecule has 1 aromatic rings. The predicted molar refractivity (Wildman–Crippen MR) is 68.8 cm³/mol. The molecule has 0 spiro atoms. The normalized spacial score (nSPS) is 20.9. The third-order valence-electron chi connectivity index (χ3n) is 3.08. The Hall–Kier alpha value is -1.78. The molecule has 2 nitrogen and oxygen atoms in total. The van der Waals surface area contributed by atoms with Gasteiger partial charge in [0.05, 0.1) is 12.2 Å². The van der Waals surface area contributed by atoms with Crippen LogP contribution in [0.15, 0.2) is 29.8 Å². The first kappa shape index (κ1) is 14.6. The monoisotopic (exact) mass is 284 g/mol. The van der Waals surface area contributed by atoms with Gasteiger partial charge in [0.15, 0.2) is 0 Å². The van der Waals surface area contributed by atoms with E-state index in [4.69, 9.17) is 4.74 Å². The molecule has 108 valence electrons. The Morgan fingerprint density at radius 2 is 2.00 bits per heavy atom. The first-order valence-corrected chi connectivity index (χ1v) is 6.22. The number of halogens is 3. The number of ether oxygens (including phenoxy) is 1. The summed E-state index contributed by atoms with van der Waals surface area (Å²) in [4.78, 5) is 11.7. The summed E-state index contributed by atoms with van der Waals surface area (Å²) in [6, 6.07) is 4.90. The number of cyclic esters (lactones) is 1. The first-order chi connectivity index (χ1) is 9.17. The number of hydrogen-bond donors (Lipinski definition) is 0. The largest absolute Gasteiger partial charge is 0.462 e. The zero-order chi connectivity index (χ0) is 15.0. The summed E-state index contributed by atoms with van der Waals surface area (Å²) in [6.45, 7) is 4.21. The minimum Gasteiger partial charge on any atom is -0.462 e. The van der Waals surface area contributed by atoms with Crippen LogP contribution in [0.3, 0.4) is 0 Å². The van der Waals surface area contributed by atoms with Gasteiger partial charge in [-0.1, -0.05) is 26.0 Å². The van der Waals surface area contributed by atoms with Crippen molar-refractivity contribution in [2.45, 2.75) is 26.4 Å². The van der Waals surface area contributed by atoms with Crippen molar-refractivity contribution in [1.82, 2.24) is 0 Å². The molecular weight excluding hydrogens is 269 g/mol. The van der Waals surface area contributed by atoms with E-state index >= 15 is 0 Å². The van der Waals surface area contributed by atoms with Gasteiger partial charge in [0.1, 0.15) is 0 Å². The third-order valence-corrected chi connectivity index (χ3v) is 3.08. The summed E-state index contributed by atoms with van der Waals surface area (Å²) in [5, 5.41) is 0. The minimum atomic E-state index is -4.39. The molecule has 0 bridgehead atoms. The maximum absolute atomic E-state index is 12.6. The second-order valence-corrected chi connectivity index (χ2v) is 5.71. The average Bonchev–Trinajstić information content (AvgIpc) is 2.33. The molecule has 1 aliphatic heterocycles. The SMILES string of the molecule is CC1(C)COC(=O)/C(=C\c2cccc(C(F)(F)F)c2)C1. The van der Waals surface area contributed by atoms with Gasteiger partial charge in [-0.15, -0.1) is 0 Å². The average molecular weight is 284 g/mol. The Morgan fingerprint density at radius 1 is 1.30 bits per heavy atom. The van der Waals surface area contributed by atoms with Crippen LogP contribution in [-0.4, -0.2) is 12.6 Å². The van der Waals surface area contributed by atoms with Gasteiger partial charge in [-0.05, 0) is 30.2 Å². The van der Waals surface area contributed by atoms with E-state index in [-0.39, 0.29) is 5.41 Å². The van der Waals surface area contributed by atoms with E-state index in [1.165, 1.54) is 18.2 Å². The van der Waals surface area contributed by atoms with Crippen LogP contribution in [0.2, 0.25) is 0 Å². The van der Waals surface area contributed by atoms with Gasteiger partial charge in [-0.3, -0.25) is 0 Å². The van der Waals surface area contributed by atoms with E-state index in [1.54, 1.807) is 0 Å². The highest BCUT2D eigenvalue weighted by atomic mass is 19.4. The molecular formula is C15H15F3O2. The topological polar surface area (TPSA) is 26.3 Å². The van der Waals surface area contributed by atoms with E-state index in [1.807, 2.05) is 13.8 Å². The molecule has 0 unspecified atom stereocenters. The summed E-state index contributed by atoms with van der Waals surface area (Å²) in [5.41, 5.74) is -0.165. The highest BCUT2D eigenvalue weighted by Gasteiger charge is 2.32. The number of carbonyl (C=O) groups excluding carboxylic acids is 1. The molecule has 1 aliphatic rings. The lowest BCUT2D eigenvalue weighted by Gasteiger charge is -2.30. The molecule has 5 heteroatoms. The number of rotatable bonds is 1. The fraction of sp³-hybridized carbons (Fsp3) is 0.400. The fourth-order valence-electron chi connectivity index (χ4n) is 2.11. The van der Waals surface area contributed by atoms with Crippen LogP contribution >= 0.6 is 0 Å². The van der Waals surface area contributed by atoms with Crippen molar-refractivity contribution >= 4 is 12.0 Å². The summed E-state index contributed by atoms with van der Waals surface area (Å²) in [6.07, 6.45) is -2.43. The highest BCUT2D eigenvalue weighted by molar-refractivity contribution is 5.94. The number of alkyl halides is 3. The highest BCUT2D eigenvalue weighted by Crippen LogP contribution is 2.33. The Labute approximate surface area is 115 Å². The Bertz CT molecular complexity index is 556. The number of hydrogen-bond acceptors (Lipinski definition) is 2. The van der Waals surface area contributed by atoms with Crippen molar-refractivity contribution in [3.8, 4) is 0 Å². The van der Waals surface area contributed by atoms with Crippen LogP contribution in [-0.2, 0) is 15.7 Å². The van der Waals surface area contributed by atoms with Crippen LogP contribution < -0.4 is 0 Å². The van der Waals surface area contributed by atoms with Gasteiger partial charge < -0.3 is 4.74 Å². The maximum Gasteiger partial charge on any atom is 0.416 e. The lowest BCUT2D eigenvalue weighted by atomic mass is 9.84. The number of benzene rings is 1. The van der Waals surface area contributed by atoms with Crippen molar-refractivity contribution in [3.05, 3.63) is 41.0 Å². The molecule has 0 aliphatic carbocycles. The van der Waals surface area contributed by atoms with Gasteiger partial charge in [0, 0.05) is 11.0 Å². The van der Waals surface area contributed by atoms with Crippen LogP contribution in [0.25, 0.3) is 6.08 Å². The van der Waals surface area contributed by atoms with Gasteiger partial charge in [0.25, 0.3) is 0 Å². The molecule has 0 amide bonds. The van der Waals surface area contributed by atoms with E-state index in [2.05, 4.69) is 0 Å². The third kappa shape index (κ3) is 3.40. The molecule has 0 radical (unpaired) electrons. The van der Waals surface area contributed by atoms with Crippen LogP contribution in [0.1, 0.15) is 31.4 Å². The molecule has 0 atom stereocenters. The van der Waals surface area contributed by atoms with Crippen molar-refractivity contribution in [1.29, 1.82) is 0 Å². The Morgan fingerprint density at radius 3 is 2.65 bits per heavy atom. The molecule has 1 aromatic carbocycles. The van der Waals surface area contributed by atoms with Gasteiger partial charge in [-0.2, -0.15) is 13.2 Å². The summed E-state index contributed by atoms with van der Waals surface area (Å²) >= 11 is 0. The number of carbonyl (C=O) groups is 1. The maximum atomic E-state index is 12.6. The molecule has 20 heavy (non-hydrogen) atoms. The molecule has 1 saturated heterocycles. The second kappa shape index (κ2) is 4.96. The van der Waals surface area contributed by atoms with Crippen LogP contribution in [0.5, 0.6) is 0 Å². The molecule has 2 rings (SSSR count). The zero-order valence-corrected chi connectivity index (χ0v) is 11.3. The number of esters is 1. The lowest BCUT2D eigenvalue weighted by molar-refractivity contribution is -0.146. The molecule has 0 saturated carbocycles. The smallest absolute Gasteiger partial charge is 0.416 e. The van der Waals surface area contributed by atoms with Gasteiger partial charge in [0.2, 0.25) is 0 Å². The Balaban J connectivity index is 2.32. The minimum absolute atomic E-state index is 0.193. The van der Waals surface area contributed by atoms with Crippen molar-refractivity contribution in [3.63, 3.8) is 0 Å². The lowest BCUT2D eigenvalue weighted by Crippen LogP contribution is -2.30. The fourth-order valence-corrected chi connectivity index (χ4v) is 2.11.